The Balaban J connectivity index is 1.51. The highest BCUT2D eigenvalue weighted by Gasteiger charge is 2.17. The third-order valence-corrected chi connectivity index (χ3v) is 6.92. The van der Waals surface area contributed by atoms with Gasteiger partial charge in [0, 0.05) is 29.8 Å². The van der Waals surface area contributed by atoms with E-state index in [4.69, 9.17) is 0 Å². The molecule has 0 unspecified atom stereocenters. The molecule has 5 rings (SSSR count). The van der Waals surface area contributed by atoms with Crippen molar-refractivity contribution in [2.24, 2.45) is 0 Å². The second kappa shape index (κ2) is 8.72. The zero-order valence-corrected chi connectivity index (χ0v) is 19.4. The van der Waals surface area contributed by atoms with E-state index in [-0.39, 0.29) is 5.56 Å². The molecule has 0 saturated carbocycles. The van der Waals surface area contributed by atoms with Crippen LogP contribution in [0.5, 0.6) is 0 Å². The fraction of sp³-hybridized carbons (Fsp3) is 0.167. The molecule has 6 nitrogen and oxygen atoms in total. The van der Waals surface area contributed by atoms with Gasteiger partial charge in [-0.05, 0) is 31.0 Å². The highest BCUT2D eigenvalue weighted by Crippen LogP contribution is 2.28. The summed E-state index contributed by atoms with van der Waals surface area (Å²) in [5.41, 5.74) is 5.30. The Hall–Kier alpha value is -3.23. The minimum Gasteiger partial charge on any atom is -0.273 e. The van der Waals surface area contributed by atoms with Crippen LogP contribution in [0.15, 0.2) is 76.1 Å². The van der Waals surface area contributed by atoms with Crippen LogP contribution in [0.2, 0.25) is 0 Å². The average Bonchev–Trinajstić information content (AvgIpc) is 3.41. The topological polar surface area (TPSA) is 65.1 Å². The number of hydrogen-bond acceptors (Lipinski definition) is 6. The van der Waals surface area contributed by atoms with E-state index in [1.807, 2.05) is 23.6 Å². The van der Waals surface area contributed by atoms with Gasteiger partial charge >= 0.3 is 0 Å². The van der Waals surface area contributed by atoms with Gasteiger partial charge in [-0.1, -0.05) is 59.8 Å². The Labute approximate surface area is 193 Å². The van der Waals surface area contributed by atoms with E-state index in [0.717, 1.165) is 27.9 Å². The van der Waals surface area contributed by atoms with Gasteiger partial charge in [-0.3, -0.25) is 13.8 Å². The Morgan fingerprint density at radius 2 is 1.88 bits per heavy atom. The third-order valence-electron chi connectivity index (χ3n) is 5.20. The highest BCUT2D eigenvalue weighted by molar-refractivity contribution is 7.98. The minimum absolute atomic E-state index is 0.0625. The normalized spacial score (nSPS) is 11.3. The lowest BCUT2D eigenvalue weighted by molar-refractivity contribution is 0.840. The van der Waals surface area contributed by atoms with Gasteiger partial charge in [0.2, 0.25) is 0 Å². The molecule has 32 heavy (non-hydrogen) atoms. The molecule has 0 bridgehead atoms. The molecule has 0 atom stereocenters. The largest absolute Gasteiger partial charge is 0.273 e. The smallest absolute Gasteiger partial charge is 0.258 e. The summed E-state index contributed by atoms with van der Waals surface area (Å²) in [6, 6.07) is 18.3. The third kappa shape index (κ3) is 4.11. The Morgan fingerprint density at radius 3 is 2.69 bits per heavy atom. The highest BCUT2D eigenvalue weighted by atomic mass is 32.2. The summed E-state index contributed by atoms with van der Waals surface area (Å²) in [4.78, 5) is 17.7. The van der Waals surface area contributed by atoms with E-state index in [1.165, 1.54) is 22.5 Å². The molecule has 8 heteroatoms. The SMILES string of the molecule is Cc1ccc(-n2c(Cc3ccccc3)nnc2SCc2cc(=O)n3ccsc3n2)c(C)c1. The molecule has 3 heterocycles. The number of fused-ring (bicyclic) bond motifs is 1. The Bertz CT molecular complexity index is 1450. The number of nitrogens with zero attached hydrogens (tertiary/aromatic N) is 5. The number of aromatic nitrogens is 5. The summed E-state index contributed by atoms with van der Waals surface area (Å²) < 4.78 is 3.69. The molecule has 5 aromatic rings. The van der Waals surface area contributed by atoms with Crippen LogP contribution in [0.1, 0.15) is 28.2 Å². The number of aryl methyl sites for hydroxylation is 2. The van der Waals surface area contributed by atoms with Crippen LogP contribution in [-0.2, 0) is 12.2 Å². The summed E-state index contributed by atoms with van der Waals surface area (Å²) in [6.45, 7) is 4.20. The first-order chi connectivity index (χ1) is 15.6. The Kier molecular flexibility index (Phi) is 5.63. The van der Waals surface area contributed by atoms with E-state index in [2.05, 4.69) is 63.9 Å². The van der Waals surface area contributed by atoms with Crippen molar-refractivity contribution in [3.05, 3.63) is 105 Å². The van der Waals surface area contributed by atoms with Gasteiger partial charge in [-0.25, -0.2) is 4.98 Å². The first-order valence-corrected chi connectivity index (χ1v) is 12.1. The molecule has 0 N–H and O–H groups in total. The van der Waals surface area contributed by atoms with Crippen LogP contribution in [0.25, 0.3) is 10.6 Å². The average molecular weight is 460 g/mol. The fourth-order valence-corrected chi connectivity index (χ4v) is 5.28. The second-order valence-corrected chi connectivity index (χ2v) is 9.43. The number of benzene rings is 2. The van der Waals surface area contributed by atoms with Gasteiger partial charge < -0.3 is 0 Å². The number of thiazole rings is 1. The summed E-state index contributed by atoms with van der Waals surface area (Å²) in [6.07, 6.45) is 2.43. The van der Waals surface area contributed by atoms with Crippen LogP contribution in [-0.4, -0.2) is 24.1 Å². The predicted molar refractivity (Wildman–Crippen MR) is 129 cm³/mol. The standard InChI is InChI=1S/C24H21N5OS2/c1-16-8-9-20(17(2)12-16)29-21(13-18-6-4-3-5-7-18)26-27-24(29)32-15-19-14-22(30)28-10-11-31-23(28)25-19/h3-12,14H,13,15H2,1-2H3. The zero-order valence-electron chi connectivity index (χ0n) is 17.7. The van der Waals surface area contributed by atoms with Crippen molar-refractivity contribution in [2.45, 2.75) is 31.2 Å². The molecule has 0 amide bonds. The van der Waals surface area contributed by atoms with Gasteiger partial charge in [0.05, 0.1) is 11.4 Å². The summed E-state index contributed by atoms with van der Waals surface area (Å²) in [5, 5.41) is 11.7. The maximum absolute atomic E-state index is 12.3. The van der Waals surface area contributed by atoms with Crippen LogP contribution >= 0.6 is 23.1 Å². The van der Waals surface area contributed by atoms with Crippen molar-refractivity contribution in [1.29, 1.82) is 0 Å². The minimum atomic E-state index is -0.0625. The maximum Gasteiger partial charge on any atom is 0.258 e. The van der Waals surface area contributed by atoms with E-state index in [9.17, 15) is 4.79 Å². The van der Waals surface area contributed by atoms with Crippen LogP contribution in [0.4, 0.5) is 0 Å². The lowest BCUT2D eigenvalue weighted by atomic mass is 10.1. The molecule has 0 spiro atoms. The lowest BCUT2D eigenvalue weighted by Crippen LogP contribution is -2.12. The number of thioether (sulfide) groups is 1. The van der Waals surface area contributed by atoms with E-state index in [0.29, 0.717) is 17.1 Å². The second-order valence-electron chi connectivity index (χ2n) is 7.62. The van der Waals surface area contributed by atoms with Crippen molar-refractivity contribution >= 4 is 28.1 Å². The van der Waals surface area contributed by atoms with E-state index < -0.39 is 0 Å². The van der Waals surface area contributed by atoms with Crippen molar-refractivity contribution in [2.75, 3.05) is 0 Å². The van der Waals surface area contributed by atoms with Crippen molar-refractivity contribution in [1.82, 2.24) is 24.1 Å². The van der Waals surface area contributed by atoms with Gasteiger partial charge in [-0.2, -0.15) is 0 Å². The molecule has 160 valence electrons. The molecule has 0 saturated heterocycles. The van der Waals surface area contributed by atoms with E-state index >= 15 is 0 Å². The Morgan fingerprint density at radius 1 is 1.03 bits per heavy atom. The molecule has 0 fully saturated rings. The van der Waals surface area contributed by atoms with Gasteiger partial charge in [0.1, 0.15) is 5.82 Å². The molecule has 0 aliphatic heterocycles. The first-order valence-electron chi connectivity index (χ1n) is 10.2. The molecular formula is C24H21N5OS2. The predicted octanol–water partition coefficient (Wildman–Crippen LogP) is 4.84. The molecular weight excluding hydrogens is 438 g/mol. The summed E-state index contributed by atoms with van der Waals surface area (Å²) in [7, 11) is 0. The van der Waals surface area contributed by atoms with Gasteiger partial charge in [0.15, 0.2) is 10.1 Å². The van der Waals surface area contributed by atoms with Crippen LogP contribution < -0.4 is 5.56 Å². The monoisotopic (exact) mass is 459 g/mol. The van der Waals surface area contributed by atoms with Crippen molar-refractivity contribution < 1.29 is 0 Å². The molecule has 0 aliphatic rings. The molecule has 0 aliphatic carbocycles. The number of hydrogen-bond donors (Lipinski definition) is 0. The van der Waals surface area contributed by atoms with Crippen LogP contribution in [0.3, 0.4) is 0 Å². The van der Waals surface area contributed by atoms with Gasteiger partial charge in [-0.15, -0.1) is 21.5 Å². The molecule has 0 radical (unpaired) electrons. The van der Waals surface area contributed by atoms with Gasteiger partial charge in [0.25, 0.3) is 5.56 Å². The first kappa shape index (κ1) is 20.7. The summed E-state index contributed by atoms with van der Waals surface area (Å²) >= 11 is 3.00. The lowest BCUT2D eigenvalue weighted by Gasteiger charge is -2.13. The number of rotatable bonds is 6. The summed E-state index contributed by atoms with van der Waals surface area (Å²) in [5.74, 6) is 1.42. The van der Waals surface area contributed by atoms with Crippen molar-refractivity contribution in [3.8, 4) is 5.69 Å². The zero-order chi connectivity index (χ0) is 22.1. The van der Waals surface area contributed by atoms with Crippen LogP contribution in [0, 0.1) is 13.8 Å². The molecule has 2 aromatic carbocycles. The molecule has 3 aromatic heterocycles. The van der Waals surface area contributed by atoms with Crippen molar-refractivity contribution in [3.63, 3.8) is 0 Å². The van der Waals surface area contributed by atoms with E-state index in [1.54, 1.807) is 28.4 Å². The fourth-order valence-electron chi connectivity index (χ4n) is 3.69. The quantitative estimate of drug-likeness (QED) is 0.340. The maximum atomic E-state index is 12.3.